The molecule has 0 N–H and O–H groups in total. The summed E-state index contributed by atoms with van der Waals surface area (Å²) in [5.74, 6) is 0.0926. The predicted molar refractivity (Wildman–Crippen MR) is 129 cm³/mol. The van der Waals surface area contributed by atoms with Crippen LogP contribution in [0.15, 0.2) is 60.3 Å². The van der Waals surface area contributed by atoms with Crippen molar-refractivity contribution < 1.29 is 22.3 Å². The molecule has 0 radical (unpaired) electrons. The average Bonchev–Trinajstić information content (AvgIpc) is 3.67. The first kappa shape index (κ1) is 23.3. The number of alkyl halides is 3. The Morgan fingerprint density at radius 2 is 1.92 bits per heavy atom. The van der Waals surface area contributed by atoms with E-state index in [0.29, 0.717) is 34.6 Å². The normalized spacial score (nSPS) is 16.4. The van der Waals surface area contributed by atoms with Gasteiger partial charge < -0.3 is 9.14 Å². The van der Waals surface area contributed by atoms with Gasteiger partial charge >= 0.3 is 6.18 Å². The van der Waals surface area contributed by atoms with Gasteiger partial charge in [0.1, 0.15) is 23.8 Å². The van der Waals surface area contributed by atoms with Crippen LogP contribution in [0.1, 0.15) is 64.9 Å². The number of nitriles is 1. The van der Waals surface area contributed by atoms with E-state index in [-0.39, 0.29) is 18.2 Å². The molecular weight excluding hydrogens is 482 g/mol. The number of rotatable bonds is 3. The summed E-state index contributed by atoms with van der Waals surface area (Å²) < 4.78 is 62.5. The standard InChI is InChI=1S/C29H21F4N3O/c1-16(14-34)26-21-8-4-17(11-19(21)15-37-25-13-20(30)7-9-22(25)26)12-24-27(18-5-6-18)35-28-23(29(31,32)33)3-2-10-36(24)28/h2-4,7-11,13,18H,5-6,12,15H2,1H3/b26-16+. The second kappa shape index (κ2) is 8.48. The molecule has 1 aliphatic carbocycles. The second-order valence-electron chi connectivity index (χ2n) is 9.54. The maximum absolute atomic E-state index is 13.9. The number of aromatic nitrogens is 2. The van der Waals surface area contributed by atoms with Crippen molar-refractivity contribution in [3.8, 4) is 11.8 Å². The fraction of sp³-hybridized carbons (Fsp3) is 0.241. The average molecular weight is 503 g/mol. The van der Waals surface area contributed by atoms with Crippen LogP contribution in [-0.4, -0.2) is 9.38 Å². The third-order valence-electron chi connectivity index (χ3n) is 7.00. The van der Waals surface area contributed by atoms with Crippen LogP contribution >= 0.6 is 0 Å². The van der Waals surface area contributed by atoms with Crippen molar-refractivity contribution in [2.24, 2.45) is 0 Å². The first-order valence-corrected chi connectivity index (χ1v) is 12.0. The minimum absolute atomic E-state index is 0.0719. The lowest BCUT2D eigenvalue weighted by Crippen LogP contribution is -2.08. The molecule has 2 aromatic carbocycles. The van der Waals surface area contributed by atoms with Crippen LogP contribution in [0.2, 0.25) is 0 Å². The smallest absolute Gasteiger partial charge is 0.419 e. The summed E-state index contributed by atoms with van der Waals surface area (Å²) in [6.07, 6.45) is -0.657. The molecule has 1 saturated carbocycles. The van der Waals surface area contributed by atoms with Crippen LogP contribution in [-0.2, 0) is 19.2 Å². The number of imidazole rings is 1. The van der Waals surface area contributed by atoms with Crippen molar-refractivity contribution in [3.63, 3.8) is 0 Å². The molecule has 0 spiro atoms. The molecule has 2 aromatic heterocycles. The molecule has 6 rings (SSSR count). The maximum atomic E-state index is 13.9. The van der Waals surface area contributed by atoms with Crippen LogP contribution in [0.5, 0.6) is 5.75 Å². The highest BCUT2D eigenvalue weighted by atomic mass is 19.4. The molecule has 1 fully saturated rings. The molecule has 4 aromatic rings. The fourth-order valence-corrected chi connectivity index (χ4v) is 5.11. The van der Waals surface area contributed by atoms with E-state index >= 15 is 0 Å². The molecule has 0 amide bonds. The molecule has 0 unspecified atom stereocenters. The summed E-state index contributed by atoms with van der Waals surface area (Å²) in [6.45, 7) is 1.88. The molecular formula is C29H21F4N3O. The predicted octanol–water partition coefficient (Wildman–Crippen LogP) is 7.20. The third-order valence-corrected chi connectivity index (χ3v) is 7.00. The number of halogens is 4. The number of allylic oxidation sites excluding steroid dienone is 1. The van der Waals surface area contributed by atoms with Crippen LogP contribution < -0.4 is 4.74 Å². The van der Waals surface area contributed by atoms with E-state index in [1.807, 2.05) is 18.2 Å². The van der Waals surface area contributed by atoms with E-state index < -0.39 is 17.6 Å². The largest absolute Gasteiger partial charge is 0.488 e. The number of benzene rings is 2. The number of hydrogen-bond acceptors (Lipinski definition) is 3. The summed E-state index contributed by atoms with van der Waals surface area (Å²) in [5, 5.41) is 9.67. The quantitative estimate of drug-likeness (QED) is 0.220. The Morgan fingerprint density at radius 1 is 1.14 bits per heavy atom. The van der Waals surface area contributed by atoms with Crippen molar-refractivity contribution in [3.05, 3.63) is 105 Å². The van der Waals surface area contributed by atoms with Crippen molar-refractivity contribution in [1.29, 1.82) is 5.26 Å². The molecule has 8 heteroatoms. The summed E-state index contributed by atoms with van der Waals surface area (Å²) in [5.41, 5.74) is 4.95. The highest BCUT2D eigenvalue weighted by molar-refractivity contribution is 5.88. The first-order valence-electron chi connectivity index (χ1n) is 12.0. The molecule has 4 nitrogen and oxygen atoms in total. The molecule has 2 aliphatic rings. The Hall–Kier alpha value is -4.12. The zero-order valence-corrected chi connectivity index (χ0v) is 19.9. The minimum atomic E-state index is -4.50. The van der Waals surface area contributed by atoms with E-state index in [2.05, 4.69) is 11.1 Å². The summed E-state index contributed by atoms with van der Waals surface area (Å²) in [7, 11) is 0. The second-order valence-corrected chi connectivity index (χ2v) is 9.54. The zero-order valence-electron chi connectivity index (χ0n) is 19.9. The van der Waals surface area contributed by atoms with Crippen molar-refractivity contribution in [2.75, 3.05) is 0 Å². The molecule has 186 valence electrons. The molecule has 0 saturated heterocycles. The fourth-order valence-electron chi connectivity index (χ4n) is 5.11. The van der Waals surface area contributed by atoms with Gasteiger partial charge in [0.05, 0.1) is 23.0 Å². The van der Waals surface area contributed by atoms with Crippen LogP contribution in [0.25, 0.3) is 11.2 Å². The van der Waals surface area contributed by atoms with Crippen molar-refractivity contribution in [1.82, 2.24) is 9.38 Å². The van der Waals surface area contributed by atoms with Gasteiger partial charge in [-0.3, -0.25) is 0 Å². The highest BCUT2D eigenvalue weighted by Gasteiger charge is 2.37. The van der Waals surface area contributed by atoms with Gasteiger partial charge in [-0.1, -0.05) is 18.2 Å². The van der Waals surface area contributed by atoms with Gasteiger partial charge in [0.2, 0.25) is 0 Å². The van der Waals surface area contributed by atoms with Crippen LogP contribution in [0.3, 0.4) is 0 Å². The molecule has 3 heterocycles. The number of fused-ring (bicyclic) bond motifs is 3. The molecule has 0 bridgehead atoms. The highest BCUT2D eigenvalue weighted by Crippen LogP contribution is 2.44. The van der Waals surface area contributed by atoms with Gasteiger partial charge in [0.15, 0.2) is 0 Å². The van der Waals surface area contributed by atoms with Crippen molar-refractivity contribution in [2.45, 2.75) is 44.9 Å². The third kappa shape index (κ3) is 4.05. The van der Waals surface area contributed by atoms with Crippen LogP contribution in [0.4, 0.5) is 17.6 Å². The van der Waals surface area contributed by atoms with Gasteiger partial charge in [-0.05, 0) is 60.7 Å². The lowest BCUT2D eigenvalue weighted by Gasteiger charge is -2.13. The molecule has 0 atom stereocenters. The molecule has 1 aliphatic heterocycles. The zero-order chi connectivity index (χ0) is 25.9. The lowest BCUT2D eigenvalue weighted by molar-refractivity contribution is -0.136. The number of ether oxygens (including phenoxy) is 1. The summed E-state index contributed by atoms with van der Waals surface area (Å²) in [4.78, 5) is 4.46. The number of nitrogens with zero attached hydrogens (tertiary/aromatic N) is 3. The van der Waals surface area contributed by atoms with Gasteiger partial charge in [0.25, 0.3) is 0 Å². The van der Waals surface area contributed by atoms with Gasteiger partial charge in [-0.25, -0.2) is 9.37 Å². The van der Waals surface area contributed by atoms with E-state index in [1.165, 1.54) is 18.2 Å². The Balaban J connectivity index is 1.45. The molecule has 37 heavy (non-hydrogen) atoms. The van der Waals surface area contributed by atoms with E-state index in [1.54, 1.807) is 23.6 Å². The minimum Gasteiger partial charge on any atom is -0.488 e. The lowest BCUT2D eigenvalue weighted by atomic mass is 9.89. The monoisotopic (exact) mass is 503 g/mol. The summed E-state index contributed by atoms with van der Waals surface area (Å²) in [6, 6.07) is 14.7. The van der Waals surface area contributed by atoms with Gasteiger partial charge in [0, 0.05) is 41.3 Å². The van der Waals surface area contributed by atoms with Gasteiger partial charge in [-0.2, -0.15) is 18.4 Å². The van der Waals surface area contributed by atoms with Crippen LogP contribution in [0, 0.1) is 17.1 Å². The topological polar surface area (TPSA) is 50.3 Å². The Morgan fingerprint density at radius 3 is 2.65 bits per heavy atom. The SMILES string of the molecule is C/C(C#N)=C1/c2ccc(Cc3c(C4CC4)nc4c(C(F)(F)F)cccn34)cc2COc2cc(F)ccc21. The van der Waals surface area contributed by atoms with E-state index in [4.69, 9.17) is 4.74 Å². The number of hydrogen-bond donors (Lipinski definition) is 0. The number of pyridine rings is 1. The Bertz CT molecular complexity index is 1640. The van der Waals surface area contributed by atoms with Gasteiger partial charge in [-0.15, -0.1) is 0 Å². The first-order chi connectivity index (χ1) is 17.7. The maximum Gasteiger partial charge on any atom is 0.419 e. The van der Waals surface area contributed by atoms with Crippen molar-refractivity contribution >= 4 is 11.2 Å². The summed E-state index contributed by atoms with van der Waals surface area (Å²) >= 11 is 0. The Labute approximate surface area is 210 Å². The van der Waals surface area contributed by atoms with E-state index in [9.17, 15) is 22.8 Å². The Kier molecular flexibility index (Phi) is 5.34. The van der Waals surface area contributed by atoms with E-state index in [0.717, 1.165) is 41.3 Å².